The summed E-state index contributed by atoms with van der Waals surface area (Å²) in [5.74, 6) is 0.504. The molecule has 2 aromatic rings. The van der Waals surface area contributed by atoms with Gasteiger partial charge < -0.3 is 10.5 Å². The third-order valence-corrected chi connectivity index (χ3v) is 2.46. The van der Waals surface area contributed by atoms with Gasteiger partial charge >= 0.3 is 0 Å². The summed E-state index contributed by atoms with van der Waals surface area (Å²) in [6.45, 7) is 1.09. The van der Waals surface area contributed by atoms with E-state index in [1.54, 1.807) is 18.2 Å². The Bertz CT molecular complexity index is 571. The summed E-state index contributed by atoms with van der Waals surface area (Å²) in [7, 11) is 0. The second kappa shape index (κ2) is 5.42. The molecule has 0 aliphatic heterocycles. The smallest absolute Gasteiger partial charge is 0.270 e. The molecule has 1 aromatic heterocycles. The van der Waals surface area contributed by atoms with Crippen LogP contribution in [-0.2, 0) is 0 Å². The number of aromatic nitrogens is 1. The molecule has 2 rings (SSSR count). The number of fused-ring (bicyclic) bond motifs is 1. The molecule has 0 saturated carbocycles. The normalized spacial score (nSPS) is 10.5. The molecule has 0 bridgehead atoms. The van der Waals surface area contributed by atoms with E-state index < -0.39 is 4.92 Å². The van der Waals surface area contributed by atoms with Crippen LogP contribution in [-0.4, -0.2) is 23.1 Å². The van der Waals surface area contributed by atoms with Crippen molar-refractivity contribution in [2.45, 2.75) is 6.42 Å². The molecule has 18 heavy (non-hydrogen) atoms. The summed E-state index contributed by atoms with van der Waals surface area (Å²) in [6.07, 6.45) is 0.764. The third-order valence-electron chi connectivity index (χ3n) is 2.46. The highest BCUT2D eigenvalue weighted by atomic mass is 16.6. The number of hydrogen-bond donors (Lipinski definition) is 1. The van der Waals surface area contributed by atoms with Gasteiger partial charge in [0.2, 0.25) is 5.88 Å². The van der Waals surface area contributed by atoms with Crippen LogP contribution in [0.2, 0.25) is 0 Å². The van der Waals surface area contributed by atoms with Gasteiger partial charge in [-0.3, -0.25) is 10.1 Å². The average Bonchev–Trinajstić information content (AvgIpc) is 2.38. The Hall–Kier alpha value is -2.21. The minimum Gasteiger partial charge on any atom is -0.478 e. The molecule has 0 fully saturated rings. The largest absolute Gasteiger partial charge is 0.478 e. The zero-order valence-electron chi connectivity index (χ0n) is 9.70. The maximum absolute atomic E-state index is 10.6. The van der Waals surface area contributed by atoms with E-state index in [1.807, 2.05) is 0 Å². The van der Waals surface area contributed by atoms with E-state index in [9.17, 15) is 10.1 Å². The lowest BCUT2D eigenvalue weighted by Crippen LogP contribution is -2.06. The third kappa shape index (κ3) is 2.72. The summed E-state index contributed by atoms with van der Waals surface area (Å²) >= 11 is 0. The van der Waals surface area contributed by atoms with Crippen LogP contribution in [0.15, 0.2) is 30.3 Å². The number of nitro benzene ring substituents is 1. The van der Waals surface area contributed by atoms with Crippen LogP contribution < -0.4 is 10.5 Å². The first kappa shape index (κ1) is 12.3. The van der Waals surface area contributed by atoms with Gasteiger partial charge in [0, 0.05) is 23.6 Å². The zero-order chi connectivity index (χ0) is 13.0. The first-order valence-corrected chi connectivity index (χ1v) is 5.59. The van der Waals surface area contributed by atoms with E-state index in [0.29, 0.717) is 24.5 Å². The van der Waals surface area contributed by atoms with Crippen molar-refractivity contribution >= 4 is 16.6 Å². The van der Waals surface area contributed by atoms with Crippen molar-refractivity contribution in [2.24, 2.45) is 5.73 Å². The zero-order valence-corrected chi connectivity index (χ0v) is 9.70. The number of nitrogens with zero attached hydrogens (tertiary/aromatic N) is 2. The number of pyridine rings is 1. The quantitative estimate of drug-likeness (QED) is 0.494. The van der Waals surface area contributed by atoms with Gasteiger partial charge in [-0.25, -0.2) is 4.98 Å². The number of nitrogens with two attached hydrogens (primary N) is 1. The van der Waals surface area contributed by atoms with Crippen LogP contribution in [0.5, 0.6) is 5.88 Å². The highest BCUT2D eigenvalue weighted by Crippen LogP contribution is 2.21. The lowest BCUT2D eigenvalue weighted by Gasteiger charge is -2.05. The van der Waals surface area contributed by atoms with Crippen LogP contribution in [0.4, 0.5) is 5.69 Å². The highest BCUT2D eigenvalue weighted by molar-refractivity contribution is 5.81. The van der Waals surface area contributed by atoms with Crippen molar-refractivity contribution < 1.29 is 9.66 Å². The average molecular weight is 247 g/mol. The Morgan fingerprint density at radius 2 is 2.17 bits per heavy atom. The summed E-state index contributed by atoms with van der Waals surface area (Å²) in [5.41, 5.74) is 6.09. The molecule has 0 saturated heterocycles. The number of hydrogen-bond acceptors (Lipinski definition) is 5. The molecular weight excluding hydrogens is 234 g/mol. The van der Waals surface area contributed by atoms with Crippen LogP contribution >= 0.6 is 0 Å². The lowest BCUT2D eigenvalue weighted by molar-refractivity contribution is -0.384. The first-order chi connectivity index (χ1) is 8.70. The second-order valence-corrected chi connectivity index (χ2v) is 3.77. The van der Waals surface area contributed by atoms with E-state index in [4.69, 9.17) is 10.5 Å². The number of benzene rings is 1. The fraction of sp³-hybridized carbons (Fsp3) is 0.250. The van der Waals surface area contributed by atoms with E-state index in [0.717, 1.165) is 11.8 Å². The summed E-state index contributed by atoms with van der Waals surface area (Å²) in [4.78, 5) is 14.5. The van der Waals surface area contributed by atoms with Crippen molar-refractivity contribution in [3.05, 3.63) is 40.4 Å². The first-order valence-electron chi connectivity index (χ1n) is 5.59. The van der Waals surface area contributed by atoms with Crippen LogP contribution in [0.3, 0.4) is 0 Å². The summed E-state index contributed by atoms with van der Waals surface area (Å²) in [5, 5.41) is 11.4. The second-order valence-electron chi connectivity index (χ2n) is 3.77. The molecule has 2 N–H and O–H groups in total. The van der Waals surface area contributed by atoms with Gasteiger partial charge in [0.25, 0.3) is 5.69 Å². The van der Waals surface area contributed by atoms with Crippen molar-refractivity contribution in [1.29, 1.82) is 0 Å². The van der Waals surface area contributed by atoms with Gasteiger partial charge in [0.1, 0.15) is 0 Å². The lowest BCUT2D eigenvalue weighted by atomic mass is 10.2. The SMILES string of the molecule is NCCCOc1ccc2cc([N+](=O)[O-])ccc2n1. The molecule has 94 valence electrons. The Balaban J connectivity index is 2.24. The van der Waals surface area contributed by atoms with Gasteiger partial charge in [0.15, 0.2) is 0 Å². The van der Waals surface area contributed by atoms with Crippen molar-refractivity contribution in [3.8, 4) is 5.88 Å². The Morgan fingerprint density at radius 3 is 2.89 bits per heavy atom. The molecule has 6 heteroatoms. The predicted molar refractivity (Wildman–Crippen MR) is 67.6 cm³/mol. The molecule has 0 radical (unpaired) electrons. The number of ether oxygens (including phenoxy) is 1. The molecule has 0 unspecified atom stereocenters. The number of rotatable bonds is 5. The fourth-order valence-electron chi connectivity index (χ4n) is 1.55. The van der Waals surface area contributed by atoms with Crippen molar-refractivity contribution in [1.82, 2.24) is 4.98 Å². The number of non-ortho nitro benzene ring substituents is 1. The molecular formula is C12H13N3O3. The van der Waals surface area contributed by atoms with E-state index >= 15 is 0 Å². The minimum atomic E-state index is -0.425. The molecule has 0 amide bonds. The fourth-order valence-corrected chi connectivity index (χ4v) is 1.55. The monoisotopic (exact) mass is 247 g/mol. The van der Waals surface area contributed by atoms with Crippen molar-refractivity contribution in [3.63, 3.8) is 0 Å². The molecule has 0 atom stereocenters. The van der Waals surface area contributed by atoms with Gasteiger partial charge in [-0.15, -0.1) is 0 Å². The Kier molecular flexibility index (Phi) is 3.69. The molecule has 0 aliphatic carbocycles. The van der Waals surface area contributed by atoms with Gasteiger partial charge in [-0.1, -0.05) is 0 Å². The predicted octanol–water partition coefficient (Wildman–Crippen LogP) is 1.87. The molecule has 1 heterocycles. The highest BCUT2D eigenvalue weighted by Gasteiger charge is 2.07. The van der Waals surface area contributed by atoms with Crippen LogP contribution in [0.25, 0.3) is 10.9 Å². The van der Waals surface area contributed by atoms with Crippen LogP contribution in [0.1, 0.15) is 6.42 Å². The van der Waals surface area contributed by atoms with Gasteiger partial charge in [-0.2, -0.15) is 0 Å². The van der Waals surface area contributed by atoms with Crippen molar-refractivity contribution in [2.75, 3.05) is 13.2 Å². The standard InChI is InChI=1S/C12H13N3O3/c13-6-1-7-18-12-5-2-9-8-10(15(16)17)3-4-11(9)14-12/h2-5,8H,1,6-7,13H2. The van der Waals surface area contributed by atoms with E-state index in [-0.39, 0.29) is 5.69 Å². The molecule has 6 nitrogen and oxygen atoms in total. The summed E-state index contributed by atoms with van der Waals surface area (Å²) in [6, 6.07) is 7.99. The summed E-state index contributed by atoms with van der Waals surface area (Å²) < 4.78 is 5.41. The Labute approximate surface area is 104 Å². The molecule has 0 aliphatic rings. The van der Waals surface area contributed by atoms with Gasteiger partial charge in [-0.05, 0) is 25.1 Å². The molecule has 0 spiro atoms. The Morgan fingerprint density at radius 1 is 1.33 bits per heavy atom. The van der Waals surface area contributed by atoms with Gasteiger partial charge in [0.05, 0.1) is 17.0 Å². The van der Waals surface area contributed by atoms with Crippen LogP contribution in [0, 0.1) is 10.1 Å². The topological polar surface area (TPSA) is 91.3 Å². The maximum atomic E-state index is 10.6. The number of nitro groups is 1. The minimum absolute atomic E-state index is 0.0566. The maximum Gasteiger partial charge on any atom is 0.270 e. The van der Waals surface area contributed by atoms with E-state index in [1.165, 1.54) is 12.1 Å². The van der Waals surface area contributed by atoms with E-state index in [2.05, 4.69) is 4.98 Å². The molecule has 1 aromatic carbocycles.